The Bertz CT molecular complexity index is 1100. The summed E-state index contributed by atoms with van der Waals surface area (Å²) in [5.74, 6) is -0.630. The Morgan fingerprint density at radius 1 is 1.24 bits per heavy atom. The van der Waals surface area contributed by atoms with Gasteiger partial charge in [0.2, 0.25) is 17.8 Å². The summed E-state index contributed by atoms with van der Waals surface area (Å²) in [6, 6.07) is 1.69. The molecule has 1 aliphatic rings. The number of anilines is 4. The number of piperidine rings is 1. The molecule has 0 aromatic carbocycles. The monoisotopic (exact) mass is 463 g/mol. The summed E-state index contributed by atoms with van der Waals surface area (Å²) in [6.07, 6.45) is 1.07. The Kier molecular flexibility index (Phi) is 6.87. The first-order chi connectivity index (χ1) is 15.9. The maximum absolute atomic E-state index is 14.4. The molecule has 13 heteroatoms. The lowest BCUT2D eigenvalue weighted by Crippen LogP contribution is -2.37. The molecule has 1 fully saturated rings. The maximum atomic E-state index is 14.4. The van der Waals surface area contributed by atoms with Crippen LogP contribution >= 0.6 is 0 Å². The van der Waals surface area contributed by atoms with Gasteiger partial charge in [0.15, 0.2) is 5.82 Å². The fourth-order valence-electron chi connectivity index (χ4n) is 3.52. The summed E-state index contributed by atoms with van der Waals surface area (Å²) in [4.78, 5) is 18.8. The topological polar surface area (TPSA) is 117 Å². The van der Waals surface area contributed by atoms with E-state index in [1.165, 1.54) is 7.11 Å². The van der Waals surface area contributed by atoms with Crippen LogP contribution in [-0.4, -0.2) is 63.1 Å². The first-order valence-corrected chi connectivity index (χ1v) is 10.4. The molecule has 10 nitrogen and oxygen atoms in total. The van der Waals surface area contributed by atoms with Crippen LogP contribution in [0.4, 0.5) is 36.8 Å². The van der Waals surface area contributed by atoms with E-state index in [0.29, 0.717) is 25.2 Å². The lowest BCUT2D eigenvalue weighted by Gasteiger charge is -2.29. The average Bonchev–Trinajstić information content (AvgIpc) is 3.18. The van der Waals surface area contributed by atoms with Gasteiger partial charge in [-0.05, 0) is 19.8 Å². The van der Waals surface area contributed by atoms with Crippen LogP contribution in [0, 0.1) is 18.6 Å². The Balaban J connectivity index is 1.66. The van der Waals surface area contributed by atoms with E-state index in [1.807, 2.05) is 6.92 Å². The van der Waals surface area contributed by atoms with Crippen LogP contribution in [0.1, 0.15) is 30.3 Å². The van der Waals surface area contributed by atoms with Gasteiger partial charge in [0.05, 0.1) is 25.4 Å². The minimum absolute atomic E-state index is 0.00809. The molecule has 3 aromatic rings. The number of hydrogen-bond donors (Lipinski definition) is 3. The molecular formula is C20H24F3N9O. The van der Waals surface area contributed by atoms with Gasteiger partial charge in [-0.2, -0.15) is 20.1 Å². The molecule has 2 atom stereocenters. The number of rotatable bonds is 8. The quantitative estimate of drug-likeness (QED) is 0.463. The van der Waals surface area contributed by atoms with Crippen molar-refractivity contribution in [3.05, 3.63) is 41.4 Å². The molecule has 0 radical (unpaired) electrons. The number of aromatic nitrogens is 6. The first kappa shape index (κ1) is 22.7. The molecule has 1 saturated heterocycles. The van der Waals surface area contributed by atoms with Crippen molar-refractivity contribution in [2.75, 3.05) is 42.3 Å². The predicted molar refractivity (Wildman–Crippen MR) is 115 cm³/mol. The highest BCUT2D eigenvalue weighted by atomic mass is 19.1. The van der Waals surface area contributed by atoms with Crippen molar-refractivity contribution in [3.8, 4) is 0 Å². The Morgan fingerprint density at radius 3 is 2.76 bits per heavy atom. The Hall–Kier alpha value is -3.48. The van der Waals surface area contributed by atoms with Gasteiger partial charge in [-0.3, -0.25) is 10.1 Å². The number of ether oxygens (including phenoxy) is 1. The number of methoxy groups -OCH3 is 1. The van der Waals surface area contributed by atoms with Crippen molar-refractivity contribution < 1.29 is 17.9 Å². The molecule has 4 heterocycles. The zero-order chi connectivity index (χ0) is 23.4. The number of alkyl halides is 1. The van der Waals surface area contributed by atoms with Crippen LogP contribution in [-0.2, 0) is 4.74 Å². The van der Waals surface area contributed by atoms with Crippen molar-refractivity contribution in [2.45, 2.75) is 32.0 Å². The minimum Gasteiger partial charge on any atom is -0.382 e. The highest BCUT2D eigenvalue weighted by Gasteiger charge is 2.24. The summed E-state index contributed by atoms with van der Waals surface area (Å²) in [7, 11) is 1.44. The van der Waals surface area contributed by atoms with Crippen molar-refractivity contribution in [1.82, 2.24) is 30.1 Å². The smallest absolute Gasteiger partial charge is 0.235 e. The zero-order valence-corrected chi connectivity index (χ0v) is 18.1. The number of pyridine rings is 1. The third kappa shape index (κ3) is 5.66. The van der Waals surface area contributed by atoms with Crippen LogP contribution in [0.5, 0.6) is 0 Å². The largest absolute Gasteiger partial charge is 0.382 e. The molecule has 3 N–H and O–H groups in total. The van der Waals surface area contributed by atoms with Gasteiger partial charge in [0.25, 0.3) is 0 Å². The molecule has 1 aliphatic heterocycles. The highest BCUT2D eigenvalue weighted by molar-refractivity contribution is 5.53. The van der Waals surface area contributed by atoms with Gasteiger partial charge < -0.3 is 20.3 Å². The van der Waals surface area contributed by atoms with E-state index in [4.69, 9.17) is 4.74 Å². The second-order valence-electron chi connectivity index (χ2n) is 7.70. The fraction of sp³-hybridized carbons (Fsp3) is 0.450. The number of aromatic amines is 1. The standard InChI is InChI=1S/C20H24F3N9O/c1-11-6-16(31-30-11)26-19-27-18(28-20(29-19)32-5-3-4-12(21)9-32)25-15(10-33-2)17-14(23)7-13(22)8-24-17/h6-8,12,15H,3-5,9-10H2,1-2H3,(H3,25,26,27,28,29,30,31)/t12?,15-/m0/s1. The van der Waals surface area contributed by atoms with E-state index in [0.717, 1.165) is 18.0 Å². The van der Waals surface area contributed by atoms with Crippen molar-refractivity contribution in [1.29, 1.82) is 0 Å². The van der Waals surface area contributed by atoms with Gasteiger partial charge in [0.1, 0.15) is 23.5 Å². The third-order valence-corrected chi connectivity index (χ3v) is 5.02. The van der Waals surface area contributed by atoms with Crippen LogP contribution in [0.15, 0.2) is 18.3 Å². The van der Waals surface area contributed by atoms with Gasteiger partial charge in [-0.1, -0.05) is 0 Å². The number of aryl methyl sites for hydroxylation is 1. The molecule has 0 aliphatic carbocycles. The molecular weight excluding hydrogens is 439 g/mol. The van der Waals surface area contributed by atoms with Gasteiger partial charge in [-0.15, -0.1) is 0 Å². The summed E-state index contributed by atoms with van der Waals surface area (Å²) >= 11 is 0. The van der Waals surface area contributed by atoms with Crippen LogP contribution in [0.2, 0.25) is 0 Å². The van der Waals surface area contributed by atoms with Gasteiger partial charge in [-0.25, -0.2) is 13.2 Å². The zero-order valence-electron chi connectivity index (χ0n) is 18.1. The molecule has 0 bridgehead atoms. The Labute approximate surface area is 188 Å². The van der Waals surface area contributed by atoms with E-state index in [-0.39, 0.29) is 36.7 Å². The van der Waals surface area contributed by atoms with Gasteiger partial charge in [0, 0.05) is 31.5 Å². The second kappa shape index (κ2) is 9.98. The van der Waals surface area contributed by atoms with Crippen LogP contribution in [0.25, 0.3) is 0 Å². The average molecular weight is 463 g/mol. The molecule has 1 unspecified atom stereocenters. The lowest BCUT2D eigenvalue weighted by molar-refractivity contribution is 0.183. The predicted octanol–water partition coefficient (Wildman–Crippen LogP) is 3.06. The van der Waals surface area contributed by atoms with E-state index in [9.17, 15) is 13.2 Å². The number of halogens is 3. The second-order valence-corrected chi connectivity index (χ2v) is 7.70. The molecule has 0 spiro atoms. The molecule has 4 rings (SSSR count). The third-order valence-electron chi connectivity index (χ3n) is 5.02. The summed E-state index contributed by atoms with van der Waals surface area (Å²) < 4.78 is 46.9. The highest BCUT2D eigenvalue weighted by Crippen LogP contribution is 2.24. The molecule has 176 valence electrons. The first-order valence-electron chi connectivity index (χ1n) is 10.4. The number of nitrogens with zero attached hydrogens (tertiary/aromatic N) is 6. The maximum Gasteiger partial charge on any atom is 0.235 e. The van der Waals surface area contributed by atoms with E-state index in [2.05, 4.69) is 40.8 Å². The summed E-state index contributed by atoms with van der Waals surface area (Å²) in [6.45, 7) is 2.59. The Morgan fingerprint density at radius 2 is 2.06 bits per heavy atom. The normalized spacial score (nSPS) is 17.1. The van der Waals surface area contributed by atoms with Crippen molar-refractivity contribution in [3.63, 3.8) is 0 Å². The number of H-pyrrole nitrogens is 1. The minimum atomic E-state index is -0.990. The van der Waals surface area contributed by atoms with Crippen LogP contribution < -0.4 is 15.5 Å². The van der Waals surface area contributed by atoms with Gasteiger partial charge >= 0.3 is 0 Å². The van der Waals surface area contributed by atoms with E-state index < -0.39 is 23.8 Å². The fourth-order valence-corrected chi connectivity index (χ4v) is 3.52. The molecule has 0 saturated carbocycles. The van der Waals surface area contributed by atoms with E-state index >= 15 is 0 Å². The SMILES string of the molecule is COC[C@H](Nc1nc(Nc2cc(C)[nH]n2)nc(N2CCCC(F)C2)n1)c1ncc(F)cc1F. The lowest BCUT2D eigenvalue weighted by atomic mass is 10.1. The number of hydrogen-bond acceptors (Lipinski definition) is 9. The summed E-state index contributed by atoms with van der Waals surface area (Å²) in [5.41, 5.74) is 0.777. The molecule has 0 amide bonds. The van der Waals surface area contributed by atoms with Crippen molar-refractivity contribution in [2.24, 2.45) is 0 Å². The number of nitrogens with one attached hydrogen (secondary N) is 3. The van der Waals surface area contributed by atoms with Crippen molar-refractivity contribution >= 4 is 23.7 Å². The molecule has 3 aromatic heterocycles. The van der Waals surface area contributed by atoms with E-state index in [1.54, 1.807) is 11.0 Å². The van der Waals surface area contributed by atoms with Crippen LogP contribution in [0.3, 0.4) is 0 Å². The summed E-state index contributed by atoms with van der Waals surface area (Å²) in [5, 5.41) is 12.9. The molecule has 33 heavy (non-hydrogen) atoms.